The van der Waals surface area contributed by atoms with Crippen LogP contribution < -0.4 is 0 Å². The maximum absolute atomic E-state index is 12.9. The SMILES string of the molecule is C=CCN1C2CCC3N(C(c4ccc(C(=O)N(CC)CC)cc4)c4cccc(O)c4)C4CCC1C234. The Morgan fingerprint density at radius 3 is 2.23 bits per heavy atom. The number of likely N-dealkylation sites (tertiary alicyclic amines) is 2. The van der Waals surface area contributed by atoms with Crippen LogP contribution in [-0.4, -0.2) is 69.5 Å². The Kier molecular flexibility index (Phi) is 5.53. The van der Waals surface area contributed by atoms with Crippen molar-refractivity contribution < 1.29 is 9.90 Å². The highest BCUT2D eigenvalue weighted by Gasteiger charge is 2.80. The first-order valence-corrected chi connectivity index (χ1v) is 13.4. The van der Waals surface area contributed by atoms with E-state index in [1.807, 2.05) is 43.0 Å². The van der Waals surface area contributed by atoms with Crippen LogP contribution >= 0.6 is 0 Å². The van der Waals surface area contributed by atoms with E-state index in [2.05, 4.69) is 40.7 Å². The van der Waals surface area contributed by atoms with E-state index in [0.717, 1.165) is 17.7 Å². The van der Waals surface area contributed by atoms with Gasteiger partial charge in [0.1, 0.15) is 5.75 Å². The van der Waals surface area contributed by atoms with Crippen molar-refractivity contribution in [2.45, 2.75) is 69.7 Å². The van der Waals surface area contributed by atoms with Gasteiger partial charge in [-0.1, -0.05) is 30.3 Å². The number of hydrogen-bond acceptors (Lipinski definition) is 4. The molecule has 2 aromatic rings. The van der Waals surface area contributed by atoms with E-state index in [9.17, 15) is 9.90 Å². The molecule has 2 heterocycles. The first-order valence-electron chi connectivity index (χ1n) is 13.4. The van der Waals surface area contributed by atoms with E-state index in [4.69, 9.17) is 0 Å². The molecule has 1 spiro atoms. The molecule has 0 radical (unpaired) electrons. The Balaban J connectivity index is 1.35. The molecule has 2 aliphatic heterocycles. The Morgan fingerprint density at radius 2 is 1.66 bits per heavy atom. The number of phenols is 1. The lowest BCUT2D eigenvalue weighted by Gasteiger charge is -2.72. The molecule has 2 saturated carbocycles. The quantitative estimate of drug-likeness (QED) is 0.561. The van der Waals surface area contributed by atoms with E-state index < -0.39 is 0 Å². The van der Waals surface area contributed by atoms with Crippen LogP contribution in [0.5, 0.6) is 5.75 Å². The smallest absolute Gasteiger partial charge is 0.253 e. The Labute approximate surface area is 209 Å². The Morgan fingerprint density at radius 1 is 1.03 bits per heavy atom. The molecule has 4 aliphatic rings. The van der Waals surface area contributed by atoms with Crippen molar-refractivity contribution in [2.24, 2.45) is 5.41 Å². The van der Waals surface area contributed by atoms with Gasteiger partial charge in [0.15, 0.2) is 0 Å². The molecule has 35 heavy (non-hydrogen) atoms. The lowest BCUT2D eigenvalue weighted by Crippen LogP contribution is -2.83. The summed E-state index contributed by atoms with van der Waals surface area (Å²) in [4.78, 5) is 20.2. The zero-order valence-corrected chi connectivity index (χ0v) is 20.9. The molecule has 4 fully saturated rings. The van der Waals surface area contributed by atoms with Crippen LogP contribution in [0, 0.1) is 5.41 Å². The third-order valence-corrected chi connectivity index (χ3v) is 9.60. The molecule has 2 aromatic carbocycles. The number of hydrogen-bond donors (Lipinski definition) is 1. The molecule has 2 saturated heterocycles. The lowest BCUT2D eigenvalue weighted by atomic mass is 9.56. The molecule has 2 aliphatic carbocycles. The van der Waals surface area contributed by atoms with Gasteiger partial charge in [-0.05, 0) is 74.9 Å². The maximum Gasteiger partial charge on any atom is 0.253 e. The summed E-state index contributed by atoms with van der Waals surface area (Å²) in [6, 6.07) is 18.7. The number of benzene rings is 2. The van der Waals surface area contributed by atoms with Gasteiger partial charge in [-0.25, -0.2) is 0 Å². The van der Waals surface area contributed by atoms with E-state index in [1.54, 1.807) is 6.07 Å². The van der Waals surface area contributed by atoms with Gasteiger partial charge in [0.2, 0.25) is 0 Å². The monoisotopic (exact) mass is 471 g/mol. The zero-order valence-electron chi connectivity index (χ0n) is 20.9. The molecule has 0 bridgehead atoms. The van der Waals surface area contributed by atoms with Crippen LogP contribution in [0.2, 0.25) is 0 Å². The van der Waals surface area contributed by atoms with E-state index in [1.165, 1.54) is 31.2 Å². The predicted octanol–water partition coefficient (Wildman–Crippen LogP) is 4.83. The van der Waals surface area contributed by atoms with Crippen LogP contribution in [0.1, 0.15) is 67.1 Å². The fourth-order valence-corrected chi connectivity index (χ4v) is 8.45. The third kappa shape index (κ3) is 3.04. The summed E-state index contributed by atoms with van der Waals surface area (Å²) in [5.41, 5.74) is 3.53. The second kappa shape index (κ2) is 8.49. The summed E-state index contributed by atoms with van der Waals surface area (Å²) in [7, 11) is 0. The molecular weight excluding hydrogens is 434 g/mol. The van der Waals surface area contributed by atoms with Gasteiger partial charge in [-0.3, -0.25) is 14.6 Å². The van der Waals surface area contributed by atoms with Crippen molar-refractivity contribution in [1.82, 2.24) is 14.7 Å². The highest BCUT2D eigenvalue weighted by atomic mass is 16.3. The maximum atomic E-state index is 12.9. The predicted molar refractivity (Wildman–Crippen MR) is 138 cm³/mol. The van der Waals surface area contributed by atoms with Gasteiger partial charge >= 0.3 is 0 Å². The van der Waals surface area contributed by atoms with Crippen LogP contribution in [0.3, 0.4) is 0 Å². The number of nitrogens with zero attached hydrogens (tertiary/aromatic N) is 3. The van der Waals surface area contributed by atoms with Gasteiger partial charge in [0, 0.05) is 54.8 Å². The summed E-state index contributed by atoms with van der Waals surface area (Å²) in [5, 5.41) is 10.3. The van der Waals surface area contributed by atoms with Crippen LogP contribution in [0.4, 0.5) is 0 Å². The van der Waals surface area contributed by atoms with Crippen molar-refractivity contribution in [3.8, 4) is 5.75 Å². The van der Waals surface area contributed by atoms with E-state index in [0.29, 0.717) is 48.4 Å². The normalized spacial score (nSPS) is 31.7. The van der Waals surface area contributed by atoms with E-state index >= 15 is 0 Å². The molecular formula is C30H37N3O2. The highest BCUT2D eigenvalue weighted by molar-refractivity contribution is 5.94. The van der Waals surface area contributed by atoms with Crippen LogP contribution in [-0.2, 0) is 0 Å². The molecule has 5 heteroatoms. The minimum absolute atomic E-state index is 0.0892. The summed E-state index contributed by atoms with van der Waals surface area (Å²) >= 11 is 0. The fourth-order valence-electron chi connectivity index (χ4n) is 8.45. The number of phenolic OH excluding ortho intramolecular Hbond substituents is 1. The minimum atomic E-state index is 0.0892. The van der Waals surface area contributed by atoms with Crippen molar-refractivity contribution in [2.75, 3.05) is 19.6 Å². The fraction of sp³-hybridized carbons (Fsp3) is 0.500. The molecule has 5 atom stereocenters. The first kappa shape index (κ1) is 22.8. The number of amides is 1. The average molecular weight is 472 g/mol. The third-order valence-electron chi connectivity index (χ3n) is 9.60. The Bertz CT molecular complexity index is 1100. The van der Waals surface area contributed by atoms with Crippen molar-refractivity contribution in [3.63, 3.8) is 0 Å². The minimum Gasteiger partial charge on any atom is -0.508 e. The summed E-state index contributed by atoms with van der Waals surface area (Å²) in [5.74, 6) is 0.401. The van der Waals surface area contributed by atoms with Crippen molar-refractivity contribution in [3.05, 3.63) is 77.9 Å². The number of carbonyl (C=O) groups excluding carboxylic acids is 1. The molecule has 0 aromatic heterocycles. The average Bonchev–Trinajstić information content (AvgIpc) is 3.32. The van der Waals surface area contributed by atoms with Gasteiger partial charge in [0.05, 0.1) is 6.04 Å². The molecule has 184 valence electrons. The molecule has 5 unspecified atom stereocenters. The van der Waals surface area contributed by atoms with Gasteiger partial charge in [0.25, 0.3) is 5.91 Å². The largest absolute Gasteiger partial charge is 0.508 e. The molecule has 5 nitrogen and oxygen atoms in total. The highest BCUT2D eigenvalue weighted by Crippen LogP contribution is 2.72. The second-order valence-corrected chi connectivity index (χ2v) is 10.7. The topological polar surface area (TPSA) is 47.0 Å². The lowest BCUT2D eigenvalue weighted by molar-refractivity contribution is -0.235. The standard InChI is InChI=1S/C30H37N3O2/c1-4-18-32-24-14-16-26-30(24)25(32)15-17-27(30)33(26)28(22-8-7-9-23(34)19-22)20-10-12-21(13-11-20)29(35)31(5-2)6-3/h4,7-13,19,24-28,34H,1,5-6,14-18H2,2-3H3. The molecule has 1 N–H and O–H groups in total. The summed E-state index contributed by atoms with van der Waals surface area (Å²) in [6.07, 6.45) is 7.08. The molecule has 1 amide bonds. The van der Waals surface area contributed by atoms with Crippen LogP contribution in [0.15, 0.2) is 61.2 Å². The zero-order chi connectivity index (χ0) is 24.3. The van der Waals surface area contributed by atoms with E-state index in [-0.39, 0.29) is 11.9 Å². The Hall–Kier alpha value is -2.63. The van der Waals surface area contributed by atoms with Gasteiger partial charge in [-0.2, -0.15) is 0 Å². The molecule has 6 rings (SSSR count). The van der Waals surface area contributed by atoms with Gasteiger partial charge < -0.3 is 10.0 Å². The summed E-state index contributed by atoms with van der Waals surface area (Å²) in [6.45, 7) is 10.5. The first-order chi connectivity index (χ1) is 17.1. The summed E-state index contributed by atoms with van der Waals surface area (Å²) < 4.78 is 0. The number of aromatic hydroxyl groups is 1. The van der Waals surface area contributed by atoms with Gasteiger partial charge in [-0.15, -0.1) is 6.58 Å². The van der Waals surface area contributed by atoms with Crippen molar-refractivity contribution in [1.29, 1.82) is 0 Å². The second-order valence-electron chi connectivity index (χ2n) is 10.7. The number of rotatable bonds is 8. The number of carbonyl (C=O) groups is 1. The van der Waals surface area contributed by atoms with Crippen LogP contribution in [0.25, 0.3) is 0 Å². The van der Waals surface area contributed by atoms with Crippen molar-refractivity contribution >= 4 is 5.91 Å².